The molecule has 120 valence electrons. The molecule has 0 unspecified atom stereocenters. The zero-order chi connectivity index (χ0) is 16.3. The van der Waals surface area contributed by atoms with Gasteiger partial charge in [0, 0.05) is 22.5 Å². The van der Waals surface area contributed by atoms with Crippen LogP contribution in [0.1, 0.15) is 25.0 Å². The lowest BCUT2D eigenvalue weighted by molar-refractivity contribution is 0.229. The second-order valence-electron chi connectivity index (χ2n) is 5.01. The lowest BCUT2D eigenvalue weighted by Crippen LogP contribution is -2.03. The second kappa shape index (κ2) is 6.71. The van der Waals surface area contributed by atoms with E-state index in [1.165, 1.54) is 0 Å². The Bertz CT molecular complexity index is 725. The normalized spacial score (nSPS) is 13.0. The summed E-state index contributed by atoms with van der Waals surface area (Å²) in [5, 5.41) is 0. The Balaban J connectivity index is 2.18. The Labute approximate surface area is 136 Å². The summed E-state index contributed by atoms with van der Waals surface area (Å²) in [6.07, 6.45) is 0. The summed E-state index contributed by atoms with van der Waals surface area (Å²) < 4.78 is 29.7. The number of benzene rings is 2. The molecule has 0 aromatic heterocycles. The Morgan fingerprint density at radius 3 is 1.87 bits per heavy atom. The van der Waals surface area contributed by atoms with Gasteiger partial charge in [-0.2, -0.15) is 0 Å². The average Bonchev–Trinajstić information content (AvgIpc) is 2.55. The van der Waals surface area contributed by atoms with Crippen LogP contribution in [0.3, 0.4) is 0 Å². The summed E-state index contributed by atoms with van der Waals surface area (Å²) >= 11 is 0. The van der Waals surface area contributed by atoms with E-state index < -0.39 is 7.60 Å². The highest BCUT2D eigenvalue weighted by atomic mass is 31.2. The average molecular weight is 330 g/mol. The fourth-order valence-electron chi connectivity index (χ4n) is 2.59. The van der Waals surface area contributed by atoms with E-state index in [2.05, 4.69) is 0 Å². The molecular weight excluding hydrogens is 311 g/mol. The molecule has 0 saturated heterocycles. The van der Waals surface area contributed by atoms with E-state index in [0.717, 1.165) is 28.2 Å². The lowest BCUT2D eigenvalue weighted by atomic mass is 9.96. The van der Waals surface area contributed by atoms with Gasteiger partial charge in [0.25, 0.3) is 0 Å². The molecule has 0 spiro atoms. The van der Waals surface area contributed by atoms with Crippen molar-refractivity contribution in [2.24, 2.45) is 0 Å². The molecule has 2 aromatic carbocycles. The molecule has 1 aliphatic rings. The van der Waals surface area contributed by atoms with E-state index in [-0.39, 0.29) is 0 Å². The molecule has 3 rings (SSSR count). The van der Waals surface area contributed by atoms with Crippen LogP contribution < -0.4 is 4.74 Å². The number of fused-ring (bicyclic) bond motifs is 2. The SMILES string of the molecule is CCOP(=O)(C=C1c2ccccc2Oc2ccccc21)OCC. The highest BCUT2D eigenvalue weighted by molar-refractivity contribution is 7.57. The third-order valence-electron chi connectivity index (χ3n) is 3.48. The van der Waals surface area contributed by atoms with Crippen molar-refractivity contribution in [1.82, 2.24) is 0 Å². The summed E-state index contributed by atoms with van der Waals surface area (Å²) in [7, 11) is -3.32. The molecule has 0 saturated carbocycles. The zero-order valence-electron chi connectivity index (χ0n) is 13.2. The van der Waals surface area contributed by atoms with E-state index in [1.54, 1.807) is 19.7 Å². The van der Waals surface area contributed by atoms with Crippen LogP contribution in [0.5, 0.6) is 11.5 Å². The molecule has 23 heavy (non-hydrogen) atoms. The van der Waals surface area contributed by atoms with Crippen molar-refractivity contribution in [3.63, 3.8) is 0 Å². The van der Waals surface area contributed by atoms with Gasteiger partial charge in [-0.1, -0.05) is 36.4 Å². The van der Waals surface area contributed by atoms with E-state index in [1.807, 2.05) is 48.5 Å². The van der Waals surface area contributed by atoms with Crippen LogP contribution in [0.2, 0.25) is 0 Å². The van der Waals surface area contributed by atoms with E-state index in [9.17, 15) is 4.57 Å². The first-order chi connectivity index (χ1) is 11.2. The van der Waals surface area contributed by atoms with Crippen molar-refractivity contribution in [2.45, 2.75) is 13.8 Å². The number of para-hydroxylation sites is 2. The largest absolute Gasteiger partial charge is 0.456 e. The van der Waals surface area contributed by atoms with Crippen LogP contribution >= 0.6 is 7.60 Å². The highest BCUT2D eigenvalue weighted by Crippen LogP contribution is 2.55. The van der Waals surface area contributed by atoms with Crippen LogP contribution in [0.4, 0.5) is 0 Å². The topological polar surface area (TPSA) is 44.8 Å². The molecule has 0 atom stereocenters. The summed E-state index contributed by atoms with van der Waals surface area (Å²) in [6.45, 7) is 4.24. The summed E-state index contributed by atoms with van der Waals surface area (Å²) in [5.74, 6) is 3.08. The molecule has 4 nitrogen and oxygen atoms in total. The van der Waals surface area contributed by atoms with Gasteiger partial charge in [-0.25, -0.2) is 0 Å². The van der Waals surface area contributed by atoms with Gasteiger partial charge in [0.05, 0.1) is 13.2 Å². The lowest BCUT2D eigenvalue weighted by Gasteiger charge is -2.24. The molecule has 2 aromatic rings. The minimum Gasteiger partial charge on any atom is -0.456 e. The second-order valence-corrected chi connectivity index (χ2v) is 6.87. The molecule has 0 bridgehead atoms. The first-order valence-corrected chi connectivity index (χ1v) is 9.26. The van der Waals surface area contributed by atoms with Crippen molar-refractivity contribution in [3.8, 4) is 11.5 Å². The van der Waals surface area contributed by atoms with Crippen molar-refractivity contribution in [3.05, 3.63) is 65.5 Å². The minimum atomic E-state index is -3.32. The molecule has 0 radical (unpaired) electrons. The van der Waals surface area contributed by atoms with Gasteiger partial charge in [0.15, 0.2) is 0 Å². The molecule has 1 aliphatic heterocycles. The maximum atomic E-state index is 12.9. The van der Waals surface area contributed by atoms with Crippen LogP contribution in [-0.2, 0) is 13.6 Å². The van der Waals surface area contributed by atoms with Gasteiger partial charge in [-0.05, 0) is 26.0 Å². The minimum absolute atomic E-state index is 0.320. The summed E-state index contributed by atoms with van der Waals surface area (Å²) in [6, 6.07) is 15.4. The molecule has 1 heterocycles. The van der Waals surface area contributed by atoms with E-state index in [4.69, 9.17) is 13.8 Å². The summed E-state index contributed by atoms with van der Waals surface area (Å²) in [5.41, 5.74) is 2.57. The van der Waals surface area contributed by atoms with Gasteiger partial charge in [0.2, 0.25) is 0 Å². The quantitative estimate of drug-likeness (QED) is 0.584. The first kappa shape index (κ1) is 16.0. The first-order valence-electron chi connectivity index (χ1n) is 7.65. The third kappa shape index (κ3) is 3.25. The van der Waals surface area contributed by atoms with Crippen LogP contribution in [0.25, 0.3) is 5.57 Å². The maximum Gasteiger partial charge on any atom is 0.354 e. The van der Waals surface area contributed by atoms with E-state index >= 15 is 0 Å². The van der Waals surface area contributed by atoms with Gasteiger partial charge >= 0.3 is 7.60 Å². The predicted octanol–water partition coefficient (Wildman–Crippen LogP) is 5.45. The van der Waals surface area contributed by atoms with Crippen LogP contribution in [0, 0.1) is 0 Å². The molecule has 5 heteroatoms. The van der Waals surface area contributed by atoms with E-state index in [0.29, 0.717) is 13.2 Å². The Morgan fingerprint density at radius 1 is 0.913 bits per heavy atom. The monoisotopic (exact) mass is 330 g/mol. The number of ether oxygens (including phenoxy) is 1. The third-order valence-corrected chi connectivity index (χ3v) is 5.29. The standard InChI is InChI=1S/C18H19O4P/c1-3-20-23(19,21-4-2)13-16-14-9-5-7-11-17(14)22-18-12-8-6-10-15(16)18/h5-13H,3-4H2,1-2H3. The fourth-order valence-corrected chi connectivity index (χ4v) is 4.13. The van der Waals surface area contributed by atoms with Crippen molar-refractivity contribution in [1.29, 1.82) is 0 Å². The number of rotatable bonds is 5. The van der Waals surface area contributed by atoms with Crippen LogP contribution in [0.15, 0.2) is 54.3 Å². The van der Waals surface area contributed by atoms with Gasteiger partial charge in [-0.15, -0.1) is 0 Å². The highest BCUT2D eigenvalue weighted by Gasteiger charge is 2.27. The number of hydrogen-bond acceptors (Lipinski definition) is 4. The van der Waals surface area contributed by atoms with Gasteiger partial charge in [0.1, 0.15) is 11.5 Å². The number of hydrogen-bond donors (Lipinski definition) is 0. The van der Waals surface area contributed by atoms with Crippen molar-refractivity contribution in [2.75, 3.05) is 13.2 Å². The van der Waals surface area contributed by atoms with Gasteiger partial charge < -0.3 is 13.8 Å². The Kier molecular flexibility index (Phi) is 4.67. The smallest absolute Gasteiger partial charge is 0.354 e. The molecule has 0 aliphatic carbocycles. The molecule has 0 N–H and O–H groups in total. The zero-order valence-corrected chi connectivity index (χ0v) is 14.1. The summed E-state index contributed by atoms with van der Waals surface area (Å²) in [4.78, 5) is 0. The molecule has 0 fully saturated rings. The van der Waals surface area contributed by atoms with Gasteiger partial charge in [-0.3, -0.25) is 4.57 Å². The molecular formula is C18H19O4P. The maximum absolute atomic E-state index is 12.9. The predicted molar refractivity (Wildman–Crippen MR) is 90.9 cm³/mol. The molecule has 0 amide bonds. The van der Waals surface area contributed by atoms with Crippen molar-refractivity contribution >= 4 is 13.2 Å². The Morgan fingerprint density at radius 2 is 1.39 bits per heavy atom. The Hall–Kier alpha value is -1.87. The van der Waals surface area contributed by atoms with Crippen molar-refractivity contribution < 1.29 is 18.3 Å². The fraction of sp³-hybridized carbons (Fsp3) is 0.222. The van der Waals surface area contributed by atoms with Crippen LogP contribution in [-0.4, -0.2) is 13.2 Å².